The van der Waals surface area contributed by atoms with Gasteiger partial charge in [0.25, 0.3) is 5.91 Å². The predicted octanol–water partition coefficient (Wildman–Crippen LogP) is 3.88. The fourth-order valence-corrected chi connectivity index (χ4v) is 4.29. The summed E-state index contributed by atoms with van der Waals surface area (Å²) in [6, 6.07) is 22.0. The highest BCUT2D eigenvalue weighted by molar-refractivity contribution is 7.89. The van der Waals surface area contributed by atoms with Crippen LogP contribution >= 0.6 is 0 Å². The molecule has 0 fully saturated rings. The molecule has 0 saturated heterocycles. The number of hydrogen-bond donors (Lipinski definition) is 1. The van der Waals surface area contributed by atoms with E-state index in [1.165, 1.54) is 0 Å². The highest BCUT2D eigenvalue weighted by atomic mass is 32.2. The highest BCUT2D eigenvalue weighted by Gasteiger charge is 2.13. The van der Waals surface area contributed by atoms with Gasteiger partial charge < -0.3 is 9.30 Å². The topological polar surface area (TPSA) is 77.4 Å². The predicted molar refractivity (Wildman–Crippen MR) is 123 cm³/mol. The van der Waals surface area contributed by atoms with Crippen LogP contribution in [0.25, 0.3) is 21.7 Å². The summed E-state index contributed by atoms with van der Waals surface area (Å²) < 4.78 is 32.5. The van der Waals surface area contributed by atoms with Gasteiger partial charge in [0.1, 0.15) is 12.3 Å². The number of para-hydroxylation sites is 1. The molecule has 0 saturated carbocycles. The molecule has 0 aliphatic rings. The van der Waals surface area contributed by atoms with Gasteiger partial charge in [0.05, 0.1) is 12.9 Å². The summed E-state index contributed by atoms with van der Waals surface area (Å²) in [5.74, 6) is 0.312. The van der Waals surface area contributed by atoms with Crippen LogP contribution in [0.3, 0.4) is 0 Å². The van der Waals surface area contributed by atoms with E-state index < -0.39 is 15.9 Å². The molecule has 1 N–H and O–H groups in total. The first-order valence-corrected chi connectivity index (χ1v) is 12.0. The van der Waals surface area contributed by atoms with Crippen LogP contribution in [-0.2, 0) is 27.8 Å². The lowest BCUT2D eigenvalue weighted by Crippen LogP contribution is -2.32. The number of nitrogens with zero attached hydrogens (tertiary/aromatic N) is 1. The number of ether oxygens (including phenoxy) is 1. The molecule has 0 aliphatic carbocycles. The van der Waals surface area contributed by atoms with Gasteiger partial charge in [0.15, 0.2) is 0 Å². The van der Waals surface area contributed by atoms with Crippen molar-refractivity contribution in [3.8, 4) is 5.75 Å². The number of carbonyl (C=O) groups excluding carboxylic acids is 1. The average molecular weight is 437 g/mol. The van der Waals surface area contributed by atoms with E-state index in [-0.39, 0.29) is 6.54 Å². The molecule has 160 valence electrons. The summed E-state index contributed by atoms with van der Waals surface area (Å²) in [5.41, 5.74) is 2.00. The molecular formula is C24H24N2O4S. The van der Waals surface area contributed by atoms with Crippen LogP contribution in [0.1, 0.15) is 12.0 Å². The minimum atomic E-state index is -3.58. The number of nitrogens with one attached hydrogen (secondary N) is 1. The summed E-state index contributed by atoms with van der Waals surface area (Å²) in [5, 5.41) is 3.30. The number of benzene rings is 3. The first kappa shape index (κ1) is 20.9. The summed E-state index contributed by atoms with van der Waals surface area (Å²) in [4.78, 5) is 12.1. The fraction of sp³-hybridized carbons (Fsp3) is 0.208. The number of carbonyl (C=O) groups is 1. The molecule has 0 unspecified atom stereocenters. The molecule has 1 heterocycles. The van der Waals surface area contributed by atoms with Gasteiger partial charge in [0, 0.05) is 22.5 Å². The van der Waals surface area contributed by atoms with Crippen LogP contribution in [0.2, 0.25) is 0 Å². The van der Waals surface area contributed by atoms with Crippen molar-refractivity contribution in [3.63, 3.8) is 0 Å². The third-order valence-corrected chi connectivity index (χ3v) is 5.68. The van der Waals surface area contributed by atoms with Gasteiger partial charge in [-0.2, -0.15) is 0 Å². The molecule has 31 heavy (non-hydrogen) atoms. The monoisotopic (exact) mass is 436 g/mol. The molecule has 4 aromatic rings. The van der Waals surface area contributed by atoms with Crippen molar-refractivity contribution < 1.29 is 17.9 Å². The van der Waals surface area contributed by atoms with E-state index in [4.69, 9.17) is 4.74 Å². The van der Waals surface area contributed by atoms with E-state index in [0.29, 0.717) is 6.61 Å². The van der Waals surface area contributed by atoms with E-state index >= 15 is 0 Å². The minimum Gasteiger partial charge on any atom is -0.493 e. The number of rotatable bonds is 8. The number of aryl methyl sites for hydroxylation is 1. The van der Waals surface area contributed by atoms with Crippen LogP contribution in [0.15, 0.2) is 72.9 Å². The Morgan fingerprint density at radius 1 is 0.968 bits per heavy atom. The van der Waals surface area contributed by atoms with Gasteiger partial charge >= 0.3 is 0 Å². The van der Waals surface area contributed by atoms with E-state index in [0.717, 1.165) is 52.1 Å². The molecular weight excluding hydrogens is 412 g/mol. The lowest BCUT2D eigenvalue weighted by atomic mass is 10.1. The Morgan fingerprint density at radius 3 is 2.48 bits per heavy atom. The van der Waals surface area contributed by atoms with Gasteiger partial charge in [-0.1, -0.05) is 54.6 Å². The van der Waals surface area contributed by atoms with Gasteiger partial charge in [-0.25, -0.2) is 8.42 Å². The second-order valence-electron chi connectivity index (χ2n) is 7.53. The van der Waals surface area contributed by atoms with E-state index in [1.807, 2.05) is 59.4 Å². The highest BCUT2D eigenvalue weighted by Crippen LogP contribution is 2.26. The van der Waals surface area contributed by atoms with E-state index in [1.54, 1.807) is 4.57 Å². The Hall–Kier alpha value is -3.32. The van der Waals surface area contributed by atoms with Crippen LogP contribution < -0.4 is 9.46 Å². The molecule has 0 spiro atoms. The SMILES string of the molecule is CS(=O)(=O)NC(=O)Cn1cc(CCCOc2cccc3ccccc23)c2ccccc21. The largest absolute Gasteiger partial charge is 0.493 e. The summed E-state index contributed by atoms with van der Waals surface area (Å²) in [7, 11) is -3.58. The Morgan fingerprint density at radius 2 is 1.68 bits per heavy atom. The first-order chi connectivity index (χ1) is 14.9. The number of amides is 1. The lowest BCUT2D eigenvalue weighted by Gasteiger charge is -2.09. The third kappa shape index (κ3) is 5.06. The first-order valence-electron chi connectivity index (χ1n) is 10.1. The summed E-state index contributed by atoms with van der Waals surface area (Å²) in [6.45, 7) is 0.516. The van der Waals surface area contributed by atoms with Gasteiger partial charge in [0.2, 0.25) is 10.0 Å². The van der Waals surface area contributed by atoms with Gasteiger partial charge in [-0.15, -0.1) is 0 Å². The number of aromatic nitrogens is 1. The fourth-order valence-electron chi connectivity index (χ4n) is 3.81. The minimum absolute atomic E-state index is 0.0555. The van der Waals surface area contributed by atoms with Gasteiger partial charge in [-0.3, -0.25) is 9.52 Å². The molecule has 1 aromatic heterocycles. The third-order valence-electron chi connectivity index (χ3n) is 5.08. The molecule has 0 atom stereocenters. The van der Waals surface area contributed by atoms with Crippen LogP contribution in [-0.4, -0.2) is 31.8 Å². The Balaban J connectivity index is 1.44. The standard InChI is InChI=1S/C24H24N2O4S/c1-31(28,29)25-24(27)17-26-16-19(20-11-4-5-13-22(20)26)10-7-15-30-23-14-6-9-18-8-2-3-12-21(18)23/h2-6,8-9,11-14,16H,7,10,15,17H2,1H3,(H,25,27). The molecule has 0 bridgehead atoms. The van der Waals surface area contributed by atoms with Crippen molar-refractivity contribution in [2.24, 2.45) is 0 Å². The zero-order valence-electron chi connectivity index (χ0n) is 17.2. The molecule has 4 rings (SSSR count). The van der Waals surface area contributed by atoms with Crippen molar-refractivity contribution >= 4 is 37.6 Å². The average Bonchev–Trinajstić information content (AvgIpc) is 3.07. The Labute approximate surface area is 181 Å². The van der Waals surface area contributed by atoms with Crippen LogP contribution in [0.4, 0.5) is 0 Å². The van der Waals surface area contributed by atoms with Crippen molar-refractivity contribution in [1.82, 2.24) is 9.29 Å². The molecule has 3 aromatic carbocycles. The maximum absolute atomic E-state index is 12.1. The zero-order chi connectivity index (χ0) is 21.8. The molecule has 0 radical (unpaired) electrons. The number of hydrogen-bond acceptors (Lipinski definition) is 4. The second kappa shape index (κ2) is 8.81. The molecule has 0 aliphatic heterocycles. The number of sulfonamides is 1. The normalized spacial score (nSPS) is 11.6. The van der Waals surface area contributed by atoms with E-state index in [2.05, 4.69) is 18.2 Å². The lowest BCUT2D eigenvalue weighted by molar-refractivity contribution is -0.119. The van der Waals surface area contributed by atoms with Crippen molar-refractivity contribution in [3.05, 3.63) is 78.5 Å². The Bertz CT molecular complexity index is 1340. The Kier molecular flexibility index (Phi) is 5.95. The maximum Gasteiger partial charge on any atom is 0.253 e. The second-order valence-corrected chi connectivity index (χ2v) is 9.27. The smallest absolute Gasteiger partial charge is 0.253 e. The van der Waals surface area contributed by atoms with Gasteiger partial charge in [-0.05, 0) is 35.9 Å². The molecule has 1 amide bonds. The molecule has 6 nitrogen and oxygen atoms in total. The van der Waals surface area contributed by atoms with Crippen LogP contribution in [0, 0.1) is 0 Å². The van der Waals surface area contributed by atoms with Crippen LogP contribution in [0.5, 0.6) is 5.75 Å². The number of fused-ring (bicyclic) bond motifs is 2. The van der Waals surface area contributed by atoms with Crippen molar-refractivity contribution in [2.45, 2.75) is 19.4 Å². The zero-order valence-corrected chi connectivity index (χ0v) is 18.1. The quantitative estimate of drug-likeness (QED) is 0.425. The van der Waals surface area contributed by atoms with Crippen molar-refractivity contribution in [1.29, 1.82) is 0 Å². The maximum atomic E-state index is 12.1. The molecule has 7 heteroatoms. The summed E-state index contributed by atoms with van der Waals surface area (Å²) in [6.07, 6.45) is 4.49. The van der Waals surface area contributed by atoms with E-state index in [9.17, 15) is 13.2 Å². The van der Waals surface area contributed by atoms with Crippen molar-refractivity contribution in [2.75, 3.05) is 12.9 Å². The summed E-state index contributed by atoms with van der Waals surface area (Å²) >= 11 is 0.